The fraction of sp³-hybridized carbons (Fsp3) is 0.667. The van der Waals surface area contributed by atoms with Crippen LogP contribution in [-0.4, -0.2) is 41.1 Å². The third-order valence-corrected chi connectivity index (χ3v) is 3.21. The molecule has 0 saturated carbocycles. The molecule has 94 valence electrons. The average molecular weight is 238 g/mol. The Morgan fingerprint density at radius 1 is 1.65 bits per heavy atom. The number of nitrogens with zero attached hydrogens (tertiary/aromatic N) is 2. The number of rotatable bonds is 4. The van der Waals surface area contributed by atoms with E-state index < -0.39 is 5.97 Å². The van der Waals surface area contributed by atoms with Gasteiger partial charge >= 0.3 is 5.97 Å². The quantitative estimate of drug-likeness (QED) is 0.859. The van der Waals surface area contributed by atoms with Gasteiger partial charge in [-0.2, -0.15) is 0 Å². The van der Waals surface area contributed by atoms with Crippen LogP contribution in [0, 0.1) is 6.92 Å². The molecule has 0 aliphatic carbocycles. The van der Waals surface area contributed by atoms with Crippen LogP contribution in [0.5, 0.6) is 0 Å². The van der Waals surface area contributed by atoms with Crippen molar-refractivity contribution in [2.24, 2.45) is 0 Å². The highest BCUT2D eigenvalue weighted by Gasteiger charge is 2.26. The number of carbonyl (C=O) groups is 1. The molecule has 2 heterocycles. The molecule has 1 saturated heterocycles. The van der Waals surface area contributed by atoms with Crippen LogP contribution in [0.4, 0.5) is 0 Å². The van der Waals surface area contributed by atoms with Crippen molar-refractivity contribution in [1.29, 1.82) is 0 Å². The Morgan fingerprint density at radius 3 is 3.00 bits per heavy atom. The van der Waals surface area contributed by atoms with E-state index in [1.54, 1.807) is 0 Å². The second-order valence-corrected chi connectivity index (χ2v) is 4.69. The molecule has 1 atom stereocenters. The molecular formula is C12H18N2O3. The summed E-state index contributed by atoms with van der Waals surface area (Å²) in [7, 11) is 2.10. The lowest BCUT2D eigenvalue weighted by Crippen LogP contribution is -2.13. The molecule has 1 aromatic heterocycles. The van der Waals surface area contributed by atoms with Gasteiger partial charge in [-0.1, -0.05) is 0 Å². The molecule has 5 nitrogen and oxygen atoms in total. The first-order valence-electron chi connectivity index (χ1n) is 5.93. The minimum Gasteiger partial charge on any atom is -0.481 e. The Bertz CT molecular complexity index is 414. The van der Waals surface area contributed by atoms with Crippen LogP contribution in [0.15, 0.2) is 4.42 Å². The van der Waals surface area contributed by atoms with E-state index in [2.05, 4.69) is 16.9 Å². The highest BCUT2D eigenvalue weighted by Crippen LogP contribution is 2.28. The molecule has 0 amide bonds. The van der Waals surface area contributed by atoms with E-state index in [1.165, 1.54) is 0 Å². The molecule has 1 aliphatic heterocycles. The maximum absolute atomic E-state index is 10.5. The summed E-state index contributed by atoms with van der Waals surface area (Å²) in [5.74, 6) is 1.01. The summed E-state index contributed by atoms with van der Waals surface area (Å²) in [6.07, 6.45) is 1.55. The number of oxazole rings is 1. The van der Waals surface area contributed by atoms with E-state index in [9.17, 15) is 4.79 Å². The summed E-state index contributed by atoms with van der Waals surface area (Å²) < 4.78 is 5.52. The van der Waals surface area contributed by atoms with Crippen LogP contribution in [0.2, 0.25) is 0 Å². The summed E-state index contributed by atoms with van der Waals surface area (Å²) in [4.78, 5) is 17.2. The molecule has 17 heavy (non-hydrogen) atoms. The lowest BCUT2D eigenvalue weighted by Gasteiger charge is -2.07. The lowest BCUT2D eigenvalue weighted by atomic mass is 10.0. The number of carboxylic acids is 1. The minimum atomic E-state index is -0.817. The number of hydrogen-bond donors (Lipinski definition) is 1. The van der Waals surface area contributed by atoms with Gasteiger partial charge in [0.1, 0.15) is 5.76 Å². The molecular weight excluding hydrogens is 220 g/mol. The summed E-state index contributed by atoms with van der Waals surface area (Å²) >= 11 is 0. The monoisotopic (exact) mass is 238 g/mol. The van der Waals surface area contributed by atoms with Crippen molar-refractivity contribution in [3.8, 4) is 0 Å². The number of aliphatic carboxylic acids is 1. The fourth-order valence-electron chi connectivity index (χ4n) is 2.32. The SMILES string of the molecule is Cc1oc(CCC(=O)O)nc1C1CCN(C)C1. The van der Waals surface area contributed by atoms with Gasteiger partial charge in [0, 0.05) is 18.9 Å². The molecule has 0 radical (unpaired) electrons. The average Bonchev–Trinajstić information content (AvgIpc) is 2.82. The number of aromatic nitrogens is 1. The Labute approximate surface area is 100 Å². The molecule has 1 N–H and O–H groups in total. The zero-order valence-corrected chi connectivity index (χ0v) is 10.3. The van der Waals surface area contributed by atoms with Gasteiger partial charge in [-0.3, -0.25) is 4.79 Å². The number of aryl methyl sites for hydroxylation is 2. The van der Waals surface area contributed by atoms with Crippen LogP contribution in [0.1, 0.15) is 36.1 Å². The van der Waals surface area contributed by atoms with Gasteiger partial charge in [-0.15, -0.1) is 0 Å². The van der Waals surface area contributed by atoms with E-state index in [4.69, 9.17) is 9.52 Å². The van der Waals surface area contributed by atoms with Crippen molar-refractivity contribution in [1.82, 2.24) is 9.88 Å². The van der Waals surface area contributed by atoms with Crippen LogP contribution in [0.25, 0.3) is 0 Å². The van der Waals surface area contributed by atoms with Gasteiger partial charge in [0.25, 0.3) is 0 Å². The first kappa shape index (κ1) is 12.1. The van der Waals surface area contributed by atoms with Crippen LogP contribution >= 0.6 is 0 Å². The van der Waals surface area contributed by atoms with Gasteiger partial charge in [0.05, 0.1) is 12.1 Å². The zero-order chi connectivity index (χ0) is 12.4. The Hall–Kier alpha value is -1.36. The van der Waals surface area contributed by atoms with Gasteiger partial charge in [0.2, 0.25) is 0 Å². The van der Waals surface area contributed by atoms with Gasteiger partial charge in [-0.25, -0.2) is 4.98 Å². The summed E-state index contributed by atoms with van der Waals surface area (Å²) in [5, 5.41) is 8.62. The summed E-state index contributed by atoms with van der Waals surface area (Å²) in [6.45, 7) is 4.00. The van der Waals surface area contributed by atoms with Crippen molar-refractivity contribution < 1.29 is 14.3 Å². The van der Waals surface area contributed by atoms with E-state index in [0.717, 1.165) is 31.0 Å². The molecule has 0 aromatic carbocycles. The molecule has 1 aliphatic rings. The van der Waals surface area contributed by atoms with E-state index in [0.29, 0.717) is 18.2 Å². The first-order valence-corrected chi connectivity index (χ1v) is 5.93. The predicted octanol–water partition coefficient (Wildman–Crippen LogP) is 1.42. The Kier molecular flexibility index (Phi) is 3.47. The van der Waals surface area contributed by atoms with Crippen molar-refractivity contribution in [2.45, 2.75) is 32.1 Å². The van der Waals surface area contributed by atoms with Crippen molar-refractivity contribution in [2.75, 3.05) is 20.1 Å². The Morgan fingerprint density at radius 2 is 2.41 bits per heavy atom. The smallest absolute Gasteiger partial charge is 0.303 e. The third-order valence-electron chi connectivity index (χ3n) is 3.21. The normalized spacial score (nSPS) is 20.9. The van der Waals surface area contributed by atoms with Crippen LogP contribution in [0.3, 0.4) is 0 Å². The van der Waals surface area contributed by atoms with Gasteiger partial charge in [0.15, 0.2) is 5.89 Å². The van der Waals surface area contributed by atoms with E-state index in [-0.39, 0.29) is 6.42 Å². The maximum Gasteiger partial charge on any atom is 0.303 e. The molecule has 2 rings (SSSR count). The Balaban J connectivity index is 2.05. The second kappa shape index (κ2) is 4.87. The van der Waals surface area contributed by atoms with Crippen LogP contribution < -0.4 is 0 Å². The number of likely N-dealkylation sites (N-methyl/N-ethyl adjacent to an activating group) is 1. The molecule has 0 spiro atoms. The molecule has 0 bridgehead atoms. The zero-order valence-electron chi connectivity index (χ0n) is 10.3. The number of likely N-dealkylation sites (tertiary alicyclic amines) is 1. The third kappa shape index (κ3) is 2.85. The first-order chi connectivity index (χ1) is 8.06. The standard InChI is InChI=1S/C12H18N2O3/c1-8-12(9-5-6-14(2)7-9)13-10(17-8)3-4-11(15)16/h9H,3-7H2,1-2H3,(H,15,16). The lowest BCUT2D eigenvalue weighted by molar-refractivity contribution is -0.137. The minimum absolute atomic E-state index is 0.0734. The van der Waals surface area contributed by atoms with Gasteiger partial charge in [-0.05, 0) is 26.9 Å². The topological polar surface area (TPSA) is 66.6 Å². The largest absolute Gasteiger partial charge is 0.481 e. The summed E-state index contributed by atoms with van der Waals surface area (Å²) in [6, 6.07) is 0. The molecule has 1 unspecified atom stereocenters. The fourth-order valence-corrected chi connectivity index (χ4v) is 2.32. The predicted molar refractivity (Wildman–Crippen MR) is 62.1 cm³/mol. The maximum atomic E-state index is 10.5. The molecule has 5 heteroatoms. The molecule has 1 fully saturated rings. The second-order valence-electron chi connectivity index (χ2n) is 4.69. The molecule has 1 aromatic rings. The number of hydrogen-bond acceptors (Lipinski definition) is 4. The van der Waals surface area contributed by atoms with Crippen LogP contribution in [-0.2, 0) is 11.2 Å². The highest BCUT2D eigenvalue weighted by molar-refractivity contribution is 5.66. The van der Waals surface area contributed by atoms with E-state index in [1.807, 2.05) is 6.92 Å². The van der Waals surface area contributed by atoms with Crippen molar-refractivity contribution >= 4 is 5.97 Å². The van der Waals surface area contributed by atoms with E-state index >= 15 is 0 Å². The van der Waals surface area contributed by atoms with Crippen molar-refractivity contribution in [3.05, 3.63) is 17.3 Å². The highest BCUT2D eigenvalue weighted by atomic mass is 16.4. The van der Waals surface area contributed by atoms with Gasteiger partial charge < -0.3 is 14.4 Å². The van der Waals surface area contributed by atoms with Crippen molar-refractivity contribution in [3.63, 3.8) is 0 Å². The number of carboxylic acid groups (broad SMARTS) is 1. The summed E-state index contributed by atoms with van der Waals surface area (Å²) in [5.41, 5.74) is 1.01.